The molecule has 5 rings (SSSR count). The molecular weight excluding hydrogens is 394 g/mol. The van der Waals surface area contributed by atoms with Gasteiger partial charge in [-0.05, 0) is 75.6 Å². The standard InChI is InChI=1S/C25H31NO5/c1-15-12-20(22-18-7-5-8-19(18)24(28)31-21(22)13-15)30-16(2)23(27)26-11-10-25(29)9-4-3-6-17(25)14-26/h12-13,16-17,29H,3-11,14H2,1-2H3/t16-,17+,25-/m0/s1. The summed E-state index contributed by atoms with van der Waals surface area (Å²) in [5.74, 6) is 0.726. The summed E-state index contributed by atoms with van der Waals surface area (Å²) in [6.45, 7) is 4.89. The largest absolute Gasteiger partial charge is 0.480 e. The second-order valence-electron chi connectivity index (χ2n) is 9.68. The number of amides is 1. The number of hydrogen-bond acceptors (Lipinski definition) is 5. The van der Waals surface area contributed by atoms with Crippen LogP contribution in [-0.4, -0.2) is 40.7 Å². The van der Waals surface area contributed by atoms with Crippen molar-refractivity contribution < 1.29 is 19.1 Å². The van der Waals surface area contributed by atoms with E-state index in [-0.39, 0.29) is 17.5 Å². The highest BCUT2D eigenvalue weighted by molar-refractivity contribution is 5.89. The number of ether oxygens (including phenoxy) is 1. The zero-order valence-corrected chi connectivity index (χ0v) is 18.4. The van der Waals surface area contributed by atoms with E-state index in [1.54, 1.807) is 6.92 Å². The van der Waals surface area contributed by atoms with Gasteiger partial charge in [0.05, 0.1) is 11.0 Å². The summed E-state index contributed by atoms with van der Waals surface area (Å²) < 4.78 is 11.8. The Balaban J connectivity index is 1.40. The lowest BCUT2D eigenvalue weighted by Crippen LogP contribution is -2.56. The average molecular weight is 426 g/mol. The normalized spacial score (nSPS) is 26.4. The number of aryl methyl sites for hydroxylation is 2. The minimum Gasteiger partial charge on any atom is -0.480 e. The third-order valence-electron chi connectivity index (χ3n) is 7.57. The van der Waals surface area contributed by atoms with E-state index < -0.39 is 11.7 Å². The molecule has 1 amide bonds. The van der Waals surface area contributed by atoms with Crippen LogP contribution in [0.2, 0.25) is 0 Å². The summed E-state index contributed by atoms with van der Waals surface area (Å²) in [6.07, 6.45) is 6.48. The molecule has 0 unspecified atom stereocenters. The van der Waals surface area contributed by atoms with E-state index in [1.165, 1.54) is 0 Å². The molecule has 1 aliphatic heterocycles. The number of nitrogens with zero attached hydrogens (tertiary/aromatic N) is 1. The van der Waals surface area contributed by atoms with Crippen LogP contribution >= 0.6 is 0 Å². The Morgan fingerprint density at radius 1 is 1.23 bits per heavy atom. The van der Waals surface area contributed by atoms with Gasteiger partial charge in [-0.2, -0.15) is 0 Å². The summed E-state index contributed by atoms with van der Waals surface area (Å²) in [6, 6.07) is 3.80. The number of fused-ring (bicyclic) bond motifs is 4. The number of hydrogen-bond donors (Lipinski definition) is 1. The van der Waals surface area contributed by atoms with Crippen LogP contribution in [0.15, 0.2) is 21.3 Å². The molecule has 1 N–H and O–H groups in total. The van der Waals surface area contributed by atoms with Crippen LogP contribution in [0.1, 0.15) is 62.1 Å². The highest BCUT2D eigenvalue weighted by Crippen LogP contribution is 2.40. The predicted octanol–water partition coefficient (Wildman–Crippen LogP) is 3.51. The average Bonchev–Trinajstić information content (AvgIpc) is 3.22. The second-order valence-corrected chi connectivity index (χ2v) is 9.68. The molecule has 2 aliphatic carbocycles. The second kappa shape index (κ2) is 7.66. The Hall–Kier alpha value is -2.34. The van der Waals surface area contributed by atoms with Gasteiger partial charge in [-0.25, -0.2) is 4.79 Å². The molecule has 6 heteroatoms. The maximum absolute atomic E-state index is 13.2. The third-order valence-corrected chi connectivity index (χ3v) is 7.57. The number of carbonyl (C=O) groups excluding carboxylic acids is 1. The lowest BCUT2D eigenvalue weighted by atomic mass is 9.71. The SMILES string of the molecule is Cc1cc(O[C@@H](C)C(=O)N2CC[C@@]3(O)CCCC[C@@H]3C2)c2c3c(c(=O)oc2c1)CCC3. The maximum Gasteiger partial charge on any atom is 0.339 e. The monoisotopic (exact) mass is 425 g/mol. The van der Waals surface area contributed by atoms with Gasteiger partial charge in [0.2, 0.25) is 0 Å². The first-order valence-electron chi connectivity index (χ1n) is 11.6. The van der Waals surface area contributed by atoms with Crippen molar-refractivity contribution in [3.8, 4) is 5.75 Å². The van der Waals surface area contributed by atoms with E-state index in [9.17, 15) is 14.7 Å². The topological polar surface area (TPSA) is 80.0 Å². The summed E-state index contributed by atoms with van der Waals surface area (Å²) >= 11 is 0. The first-order valence-corrected chi connectivity index (χ1v) is 11.6. The fraction of sp³-hybridized carbons (Fsp3) is 0.600. The van der Waals surface area contributed by atoms with E-state index in [0.29, 0.717) is 30.8 Å². The van der Waals surface area contributed by atoms with Crippen molar-refractivity contribution in [1.82, 2.24) is 4.90 Å². The Labute approximate surface area is 182 Å². The van der Waals surface area contributed by atoms with Gasteiger partial charge < -0.3 is 19.2 Å². The number of piperidine rings is 1. The summed E-state index contributed by atoms with van der Waals surface area (Å²) in [5.41, 5.74) is 2.34. The van der Waals surface area contributed by atoms with Crippen LogP contribution in [0, 0.1) is 12.8 Å². The minimum absolute atomic E-state index is 0.0451. The number of rotatable bonds is 3. The summed E-state index contributed by atoms with van der Waals surface area (Å²) in [5, 5.41) is 11.8. The summed E-state index contributed by atoms with van der Waals surface area (Å²) in [7, 11) is 0. The molecule has 0 bridgehead atoms. The zero-order chi connectivity index (χ0) is 21.8. The molecule has 1 aromatic heterocycles. The van der Waals surface area contributed by atoms with Crippen molar-refractivity contribution in [2.75, 3.05) is 13.1 Å². The molecule has 31 heavy (non-hydrogen) atoms. The maximum atomic E-state index is 13.2. The van der Waals surface area contributed by atoms with E-state index in [0.717, 1.165) is 67.0 Å². The van der Waals surface area contributed by atoms with Crippen molar-refractivity contribution in [3.63, 3.8) is 0 Å². The molecule has 1 aromatic carbocycles. The van der Waals surface area contributed by atoms with Gasteiger partial charge in [0.15, 0.2) is 6.10 Å². The van der Waals surface area contributed by atoms with Gasteiger partial charge in [0.1, 0.15) is 11.3 Å². The van der Waals surface area contributed by atoms with Crippen LogP contribution in [0.25, 0.3) is 11.0 Å². The lowest BCUT2D eigenvalue weighted by molar-refractivity contribution is -0.149. The minimum atomic E-state index is -0.649. The fourth-order valence-electron chi connectivity index (χ4n) is 5.87. The Bertz CT molecular complexity index is 1090. The molecule has 3 atom stereocenters. The quantitative estimate of drug-likeness (QED) is 0.762. The van der Waals surface area contributed by atoms with Gasteiger partial charge in [-0.3, -0.25) is 4.79 Å². The number of aliphatic hydroxyl groups is 1. The highest BCUT2D eigenvalue weighted by atomic mass is 16.5. The van der Waals surface area contributed by atoms with Crippen LogP contribution in [0.3, 0.4) is 0 Å². The Morgan fingerprint density at radius 3 is 2.87 bits per heavy atom. The molecule has 0 radical (unpaired) electrons. The molecule has 2 fully saturated rings. The summed E-state index contributed by atoms with van der Waals surface area (Å²) in [4.78, 5) is 27.4. The van der Waals surface area contributed by atoms with Gasteiger partial charge in [-0.1, -0.05) is 12.8 Å². The van der Waals surface area contributed by atoms with E-state index in [2.05, 4.69) is 0 Å². The fourth-order valence-corrected chi connectivity index (χ4v) is 5.87. The third kappa shape index (κ3) is 3.55. The molecule has 0 spiro atoms. The number of likely N-dealkylation sites (tertiary alicyclic amines) is 1. The van der Waals surface area contributed by atoms with Crippen molar-refractivity contribution in [2.24, 2.45) is 5.92 Å². The smallest absolute Gasteiger partial charge is 0.339 e. The predicted molar refractivity (Wildman–Crippen MR) is 117 cm³/mol. The van der Waals surface area contributed by atoms with Crippen LogP contribution < -0.4 is 10.4 Å². The van der Waals surface area contributed by atoms with Crippen LogP contribution in [0.5, 0.6) is 5.75 Å². The van der Waals surface area contributed by atoms with Gasteiger partial charge in [0, 0.05) is 24.6 Å². The van der Waals surface area contributed by atoms with E-state index in [1.807, 2.05) is 24.0 Å². The molecular formula is C25H31NO5. The van der Waals surface area contributed by atoms with Crippen LogP contribution in [-0.2, 0) is 17.6 Å². The van der Waals surface area contributed by atoms with Crippen molar-refractivity contribution in [1.29, 1.82) is 0 Å². The molecule has 1 saturated heterocycles. The molecule has 2 aromatic rings. The molecule has 2 heterocycles. The Morgan fingerprint density at radius 2 is 2.03 bits per heavy atom. The molecule has 3 aliphatic rings. The first-order chi connectivity index (χ1) is 14.9. The lowest BCUT2D eigenvalue weighted by Gasteiger charge is -2.47. The van der Waals surface area contributed by atoms with Gasteiger partial charge in [-0.15, -0.1) is 0 Å². The zero-order valence-electron chi connectivity index (χ0n) is 18.4. The van der Waals surface area contributed by atoms with E-state index >= 15 is 0 Å². The van der Waals surface area contributed by atoms with Crippen molar-refractivity contribution >= 4 is 16.9 Å². The van der Waals surface area contributed by atoms with E-state index in [4.69, 9.17) is 9.15 Å². The molecule has 1 saturated carbocycles. The number of benzene rings is 1. The van der Waals surface area contributed by atoms with Crippen molar-refractivity contribution in [3.05, 3.63) is 39.2 Å². The Kier molecular flexibility index (Phi) is 5.08. The van der Waals surface area contributed by atoms with Crippen molar-refractivity contribution in [2.45, 2.75) is 76.9 Å². The van der Waals surface area contributed by atoms with Gasteiger partial charge in [0.25, 0.3) is 5.91 Å². The first kappa shape index (κ1) is 20.6. The molecule has 6 nitrogen and oxygen atoms in total. The van der Waals surface area contributed by atoms with Crippen LogP contribution in [0.4, 0.5) is 0 Å². The molecule has 166 valence electrons. The highest BCUT2D eigenvalue weighted by Gasteiger charge is 2.44. The number of carbonyl (C=O) groups is 1. The van der Waals surface area contributed by atoms with Gasteiger partial charge >= 0.3 is 5.63 Å².